The molecule has 0 aliphatic carbocycles. The van der Waals surface area contributed by atoms with Crippen LogP contribution in [-0.2, 0) is 4.79 Å². The van der Waals surface area contributed by atoms with Crippen molar-refractivity contribution in [2.75, 3.05) is 6.54 Å². The van der Waals surface area contributed by atoms with Crippen molar-refractivity contribution in [3.63, 3.8) is 0 Å². The molecule has 0 radical (unpaired) electrons. The molecular formula is C14H19Cl2NO2. The van der Waals surface area contributed by atoms with Crippen LogP contribution in [0.3, 0.4) is 0 Å². The Morgan fingerprint density at radius 3 is 2.63 bits per heavy atom. The molecule has 0 aliphatic rings. The Morgan fingerprint density at radius 1 is 1.32 bits per heavy atom. The van der Waals surface area contributed by atoms with E-state index in [1.807, 2.05) is 0 Å². The van der Waals surface area contributed by atoms with Gasteiger partial charge in [-0.1, -0.05) is 37.0 Å². The highest BCUT2D eigenvalue weighted by Crippen LogP contribution is 2.28. The van der Waals surface area contributed by atoms with Gasteiger partial charge in [0.05, 0.1) is 5.02 Å². The first-order valence-corrected chi connectivity index (χ1v) is 7.05. The summed E-state index contributed by atoms with van der Waals surface area (Å²) in [4.78, 5) is 11.8. The third-order valence-corrected chi connectivity index (χ3v) is 3.13. The van der Waals surface area contributed by atoms with Crippen molar-refractivity contribution in [2.24, 2.45) is 5.92 Å². The number of halogens is 2. The predicted octanol–water partition coefficient (Wildman–Crippen LogP) is 3.92. The molecule has 0 saturated carbocycles. The van der Waals surface area contributed by atoms with Crippen LogP contribution in [0, 0.1) is 5.92 Å². The first-order chi connectivity index (χ1) is 8.90. The van der Waals surface area contributed by atoms with Crippen LogP contribution >= 0.6 is 23.2 Å². The van der Waals surface area contributed by atoms with Gasteiger partial charge in [-0.25, -0.2) is 0 Å². The van der Waals surface area contributed by atoms with Gasteiger partial charge < -0.3 is 10.1 Å². The summed E-state index contributed by atoms with van der Waals surface area (Å²) in [5.41, 5.74) is 0. The number of amides is 1. The zero-order chi connectivity index (χ0) is 14.4. The monoisotopic (exact) mass is 303 g/mol. The third kappa shape index (κ3) is 5.70. The molecule has 3 nitrogen and oxygen atoms in total. The Kier molecular flexibility index (Phi) is 6.46. The van der Waals surface area contributed by atoms with Gasteiger partial charge in [-0.15, -0.1) is 0 Å². The quantitative estimate of drug-likeness (QED) is 0.865. The second kappa shape index (κ2) is 7.61. The van der Waals surface area contributed by atoms with Gasteiger partial charge in [0.2, 0.25) is 0 Å². The van der Waals surface area contributed by atoms with Crippen LogP contribution < -0.4 is 10.1 Å². The molecule has 0 saturated heterocycles. The van der Waals surface area contributed by atoms with Gasteiger partial charge in [-0.05, 0) is 31.4 Å². The van der Waals surface area contributed by atoms with Crippen LogP contribution in [0.2, 0.25) is 10.0 Å². The van der Waals surface area contributed by atoms with E-state index in [1.54, 1.807) is 25.1 Å². The smallest absolute Gasteiger partial charge is 0.260 e. The van der Waals surface area contributed by atoms with Gasteiger partial charge in [-0.3, -0.25) is 4.79 Å². The highest BCUT2D eigenvalue weighted by molar-refractivity contribution is 6.34. The topological polar surface area (TPSA) is 38.3 Å². The SMILES string of the molecule is CC(C)CCNC(=O)C(C)Oc1cc(Cl)ccc1Cl. The molecule has 0 heterocycles. The molecule has 0 aromatic heterocycles. The minimum atomic E-state index is -0.608. The molecule has 1 atom stereocenters. The molecule has 0 aliphatic heterocycles. The average molecular weight is 304 g/mol. The van der Waals surface area contributed by atoms with Crippen molar-refractivity contribution in [3.8, 4) is 5.75 Å². The Morgan fingerprint density at radius 2 is 2.00 bits per heavy atom. The number of rotatable bonds is 6. The zero-order valence-electron chi connectivity index (χ0n) is 11.4. The number of hydrogen-bond donors (Lipinski definition) is 1. The van der Waals surface area contributed by atoms with Crippen LogP contribution in [0.1, 0.15) is 27.2 Å². The summed E-state index contributed by atoms with van der Waals surface area (Å²) in [6.45, 7) is 6.55. The largest absolute Gasteiger partial charge is 0.479 e. The summed E-state index contributed by atoms with van der Waals surface area (Å²) < 4.78 is 5.52. The third-order valence-electron chi connectivity index (χ3n) is 2.59. The van der Waals surface area contributed by atoms with Crippen molar-refractivity contribution in [1.82, 2.24) is 5.32 Å². The molecule has 0 fully saturated rings. The second-order valence-electron chi connectivity index (χ2n) is 4.81. The van der Waals surface area contributed by atoms with E-state index in [2.05, 4.69) is 19.2 Å². The van der Waals surface area contributed by atoms with Gasteiger partial charge in [0.1, 0.15) is 5.75 Å². The highest BCUT2D eigenvalue weighted by Gasteiger charge is 2.15. The van der Waals surface area contributed by atoms with Crippen molar-refractivity contribution >= 4 is 29.1 Å². The normalized spacial score (nSPS) is 12.3. The van der Waals surface area contributed by atoms with Crippen molar-refractivity contribution < 1.29 is 9.53 Å². The van der Waals surface area contributed by atoms with E-state index in [0.717, 1.165) is 6.42 Å². The lowest BCUT2D eigenvalue weighted by Crippen LogP contribution is -2.37. The van der Waals surface area contributed by atoms with Gasteiger partial charge in [0, 0.05) is 17.6 Å². The van der Waals surface area contributed by atoms with Crippen LogP contribution in [0.25, 0.3) is 0 Å². The molecule has 19 heavy (non-hydrogen) atoms. The maximum Gasteiger partial charge on any atom is 0.260 e. The summed E-state index contributed by atoms with van der Waals surface area (Å²) in [5.74, 6) is 0.816. The minimum absolute atomic E-state index is 0.156. The summed E-state index contributed by atoms with van der Waals surface area (Å²) in [6, 6.07) is 4.91. The van der Waals surface area contributed by atoms with Crippen LogP contribution in [0.5, 0.6) is 5.75 Å². The number of carbonyl (C=O) groups is 1. The molecule has 106 valence electrons. The van der Waals surface area contributed by atoms with E-state index in [0.29, 0.717) is 28.3 Å². The molecule has 1 aromatic carbocycles. The fourth-order valence-corrected chi connectivity index (χ4v) is 1.76. The van der Waals surface area contributed by atoms with Gasteiger partial charge in [0.15, 0.2) is 6.10 Å². The maximum absolute atomic E-state index is 11.8. The lowest BCUT2D eigenvalue weighted by molar-refractivity contribution is -0.127. The second-order valence-corrected chi connectivity index (χ2v) is 5.65. The zero-order valence-corrected chi connectivity index (χ0v) is 12.9. The standard InChI is InChI=1S/C14H19Cl2NO2/c1-9(2)6-7-17-14(18)10(3)19-13-8-11(15)4-5-12(13)16/h4-5,8-10H,6-7H2,1-3H3,(H,17,18). The van der Waals surface area contributed by atoms with Crippen molar-refractivity contribution in [2.45, 2.75) is 33.3 Å². The number of nitrogens with one attached hydrogen (secondary N) is 1. The number of ether oxygens (including phenoxy) is 1. The lowest BCUT2D eigenvalue weighted by atomic mass is 10.1. The Balaban J connectivity index is 2.51. The molecule has 1 N–H and O–H groups in total. The molecular weight excluding hydrogens is 285 g/mol. The van der Waals surface area contributed by atoms with E-state index in [1.165, 1.54) is 0 Å². The number of hydrogen-bond acceptors (Lipinski definition) is 2. The van der Waals surface area contributed by atoms with Crippen molar-refractivity contribution in [1.29, 1.82) is 0 Å². The molecule has 0 spiro atoms. The first kappa shape index (κ1) is 16.1. The van der Waals surface area contributed by atoms with Crippen LogP contribution in [0.4, 0.5) is 0 Å². The summed E-state index contributed by atoms with van der Waals surface area (Å²) >= 11 is 11.8. The summed E-state index contributed by atoms with van der Waals surface area (Å²) in [6.07, 6.45) is 0.333. The fourth-order valence-electron chi connectivity index (χ4n) is 1.44. The number of benzene rings is 1. The molecule has 1 amide bonds. The van der Waals surface area contributed by atoms with Crippen molar-refractivity contribution in [3.05, 3.63) is 28.2 Å². The predicted molar refractivity (Wildman–Crippen MR) is 79.0 cm³/mol. The average Bonchev–Trinajstić information content (AvgIpc) is 2.33. The fraction of sp³-hybridized carbons (Fsp3) is 0.500. The molecule has 1 rings (SSSR count). The lowest BCUT2D eigenvalue weighted by Gasteiger charge is -2.16. The van der Waals surface area contributed by atoms with E-state index in [9.17, 15) is 4.79 Å². The Labute approximate surface area is 124 Å². The number of carbonyl (C=O) groups excluding carboxylic acids is 1. The Hall–Kier alpha value is -0.930. The summed E-state index contributed by atoms with van der Waals surface area (Å²) in [7, 11) is 0. The molecule has 0 bridgehead atoms. The minimum Gasteiger partial charge on any atom is -0.479 e. The first-order valence-electron chi connectivity index (χ1n) is 6.29. The van der Waals surface area contributed by atoms with Gasteiger partial charge >= 0.3 is 0 Å². The van der Waals surface area contributed by atoms with E-state index < -0.39 is 6.10 Å². The Bertz CT molecular complexity index is 435. The van der Waals surface area contributed by atoms with E-state index in [4.69, 9.17) is 27.9 Å². The maximum atomic E-state index is 11.8. The highest BCUT2D eigenvalue weighted by atomic mass is 35.5. The molecule has 1 aromatic rings. The molecule has 5 heteroatoms. The van der Waals surface area contributed by atoms with Crippen LogP contribution in [0.15, 0.2) is 18.2 Å². The van der Waals surface area contributed by atoms with E-state index in [-0.39, 0.29) is 5.91 Å². The van der Waals surface area contributed by atoms with E-state index >= 15 is 0 Å². The van der Waals surface area contributed by atoms with Gasteiger partial charge in [-0.2, -0.15) is 0 Å². The summed E-state index contributed by atoms with van der Waals surface area (Å²) in [5, 5.41) is 3.78. The van der Waals surface area contributed by atoms with Crippen LogP contribution in [-0.4, -0.2) is 18.6 Å². The molecule has 1 unspecified atom stereocenters. The van der Waals surface area contributed by atoms with Gasteiger partial charge in [0.25, 0.3) is 5.91 Å².